The molecule has 0 aliphatic carbocycles. The molecule has 4 rings (SSSR count). The summed E-state index contributed by atoms with van der Waals surface area (Å²) in [5.74, 6) is -0.617. The molecule has 1 amide bonds. The largest absolute Gasteiger partial charge is 0.354 e. The van der Waals surface area contributed by atoms with E-state index in [2.05, 4.69) is 15.6 Å². The van der Waals surface area contributed by atoms with Crippen molar-refractivity contribution in [3.05, 3.63) is 40.0 Å². The highest BCUT2D eigenvalue weighted by atomic mass is 32.1. The van der Waals surface area contributed by atoms with Gasteiger partial charge in [0.1, 0.15) is 10.6 Å². The van der Waals surface area contributed by atoms with Crippen molar-refractivity contribution in [1.29, 1.82) is 0 Å². The van der Waals surface area contributed by atoms with Gasteiger partial charge in [0.15, 0.2) is 5.13 Å². The van der Waals surface area contributed by atoms with Crippen LogP contribution < -0.4 is 15.5 Å². The molecule has 5 nitrogen and oxygen atoms in total. The van der Waals surface area contributed by atoms with Crippen LogP contribution in [-0.2, 0) is 13.0 Å². The number of anilines is 2. The van der Waals surface area contributed by atoms with E-state index < -0.39 is 0 Å². The number of nitrogens with one attached hydrogen (secondary N) is 2. The summed E-state index contributed by atoms with van der Waals surface area (Å²) in [5, 5.41) is 6.83. The maximum absolute atomic E-state index is 14.7. The number of thiophene rings is 1. The third-order valence-electron chi connectivity index (χ3n) is 4.14. The van der Waals surface area contributed by atoms with Crippen LogP contribution in [0.3, 0.4) is 0 Å². The van der Waals surface area contributed by atoms with Crippen molar-refractivity contribution >= 4 is 48.9 Å². The van der Waals surface area contributed by atoms with Gasteiger partial charge >= 0.3 is 0 Å². The van der Waals surface area contributed by atoms with E-state index in [1.54, 1.807) is 6.07 Å². The number of halogens is 1. The fraction of sp³-hybridized carbons (Fsp3) is 0.294. The molecule has 0 radical (unpaired) electrons. The molecule has 25 heavy (non-hydrogen) atoms. The van der Waals surface area contributed by atoms with Crippen LogP contribution in [0.25, 0.3) is 9.53 Å². The zero-order valence-corrected chi connectivity index (χ0v) is 15.5. The van der Waals surface area contributed by atoms with E-state index in [9.17, 15) is 9.18 Å². The second kappa shape index (κ2) is 6.36. The summed E-state index contributed by atoms with van der Waals surface area (Å²) in [6, 6.07) is 5.33. The molecule has 130 valence electrons. The lowest BCUT2D eigenvalue weighted by Crippen LogP contribution is -2.25. The first-order chi connectivity index (χ1) is 12.0. The topological polar surface area (TPSA) is 57.3 Å². The predicted molar refractivity (Wildman–Crippen MR) is 102 cm³/mol. The number of benzene rings is 1. The third-order valence-corrected chi connectivity index (χ3v) is 6.47. The maximum atomic E-state index is 14.7. The quantitative estimate of drug-likeness (QED) is 0.735. The molecule has 0 atom stereocenters. The molecule has 2 N–H and O–H groups in total. The van der Waals surface area contributed by atoms with Crippen molar-refractivity contribution in [2.24, 2.45) is 0 Å². The predicted octanol–water partition coefficient (Wildman–Crippen LogP) is 3.46. The summed E-state index contributed by atoms with van der Waals surface area (Å²) in [7, 11) is 3.87. The molecule has 0 saturated heterocycles. The van der Waals surface area contributed by atoms with Crippen molar-refractivity contribution in [3.8, 4) is 0 Å². The normalized spacial score (nSPS) is 13.7. The van der Waals surface area contributed by atoms with Gasteiger partial charge < -0.3 is 15.5 Å². The van der Waals surface area contributed by atoms with E-state index >= 15 is 0 Å². The van der Waals surface area contributed by atoms with Crippen molar-refractivity contribution < 1.29 is 9.18 Å². The van der Waals surface area contributed by atoms with Crippen LogP contribution in [0, 0.1) is 5.82 Å². The zero-order chi connectivity index (χ0) is 17.6. The van der Waals surface area contributed by atoms with E-state index in [1.165, 1.54) is 22.7 Å². The summed E-state index contributed by atoms with van der Waals surface area (Å²) in [4.78, 5) is 20.3. The van der Waals surface area contributed by atoms with E-state index in [1.807, 2.05) is 31.1 Å². The van der Waals surface area contributed by atoms with Gasteiger partial charge in [0.2, 0.25) is 0 Å². The van der Waals surface area contributed by atoms with Crippen LogP contribution in [-0.4, -0.2) is 31.5 Å². The van der Waals surface area contributed by atoms with Gasteiger partial charge in [0.25, 0.3) is 5.91 Å². The molecule has 3 aromatic rings. The summed E-state index contributed by atoms with van der Waals surface area (Å²) in [5.41, 5.74) is 1.89. The molecule has 2 aromatic heterocycles. The Balaban J connectivity index is 1.58. The smallest absolute Gasteiger partial charge is 0.265 e. The highest BCUT2D eigenvalue weighted by Crippen LogP contribution is 2.34. The van der Waals surface area contributed by atoms with Gasteiger partial charge in [-0.2, -0.15) is 0 Å². The molecule has 0 unspecified atom stereocenters. The number of thiazole rings is 1. The first kappa shape index (κ1) is 16.4. The number of hydrogen-bond donors (Lipinski definition) is 2. The Kier molecular flexibility index (Phi) is 4.18. The van der Waals surface area contributed by atoms with Gasteiger partial charge in [-0.15, -0.1) is 11.3 Å². The molecular formula is C17H17FN4OS2. The van der Waals surface area contributed by atoms with Crippen molar-refractivity contribution in [2.45, 2.75) is 13.0 Å². The fourth-order valence-electron chi connectivity index (χ4n) is 2.84. The summed E-state index contributed by atoms with van der Waals surface area (Å²) < 4.78 is 15.6. The van der Waals surface area contributed by atoms with E-state index in [-0.39, 0.29) is 17.4 Å². The van der Waals surface area contributed by atoms with Crippen LogP contribution >= 0.6 is 22.7 Å². The minimum atomic E-state index is -0.321. The highest BCUT2D eigenvalue weighted by Gasteiger charge is 2.19. The number of rotatable bonds is 3. The first-order valence-corrected chi connectivity index (χ1v) is 9.56. The standard InChI is InChI=1S/C17H17FN4OS2/c1-22(2)17-21-16-13(25-17)7-12(24-16)15(23)20-11-4-3-9-8-19-6-5-10(9)14(11)18/h3-4,7,19H,5-6,8H2,1-2H3,(H,20,23). The minimum Gasteiger partial charge on any atom is -0.354 e. The monoisotopic (exact) mass is 376 g/mol. The van der Waals surface area contributed by atoms with Gasteiger partial charge in [-0.25, -0.2) is 9.37 Å². The molecule has 0 fully saturated rings. The van der Waals surface area contributed by atoms with Gasteiger partial charge in [0, 0.05) is 20.6 Å². The molecule has 0 spiro atoms. The Labute approximate surface area is 152 Å². The Morgan fingerprint density at radius 1 is 1.36 bits per heavy atom. The van der Waals surface area contributed by atoms with E-state index in [0.29, 0.717) is 23.4 Å². The molecule has 1 aliphatic rings. The summed E-state index contributed by atoms with van der Waals surface area (Å²) in [6.45, 7) is 1.42. The average molecular weight is 376 g/mol. The SMILES string of the molecule is CN(C)c1nc2sc(C(=O)Nc3ccc4c(c3F)CCNC4)cc2s1. The van der Waals surface area contributed by atoms with Crippen LogP contribution in [0.5, 0.6) is 0 Å². The van der Waals surface area contributed by atoms with Gasteiger partial charge in [-0.3, -0.25) is 4.79 Å². The van der Waals surface area contributed by atoms with Crippen LogP contribution in [0.1, 0.15) is 20.8 Å². The van der Waals surface area contributed by atoms with E-state index in [4.69, 9.17) is 0 Å². The number of fused-ring (bicyclic) bond motifs is 2. The molecule has 1 aliphatic heterocycles. The minimum absolute atomic E-state index is 0.240. The molecule has 8 heteroatoms. The first-order valence-electron chi connectivity index (χ1n) is 7.93. The van der Waals surface area contributed by atoms with Crippen LogP contribution in [0.2, 0.25) is 0 Å². The highest BCUT2D eigenvalue weighted by molar-refractivity contribution is 7.29. The summed E-state index contributed by atoms with van der Waals surface area (Å²) in [6.07, 6.45) is 0.636. The second-order valence-corrected chi connectivity index (χ2v) is 8.16. The number of hydrogen-bond acceptors (Lipinski definition) is 6. The fourth-order valence-corrected chi connectivity index (χ4v) is 4.87. The molecule has 0 bridgehead atoms. The lowest BCUT2D eigenvalue weighted by atomic mass is 9.99. The summed E-state index contributed by atoms with van der Waals surface area (Å²) >= 11 is 2.86. The molecule has 0 saturated carbocycles. The Morgan fingerprint density at radius 3 is 2.96 bits per heavy atom. The number of amides is 1. The van der Waals surface area contributed by atoms with Crippen molar-refractivity contribution in [3.63, 3.8) is 0 Å². The lowest BCUT2D eigenvalue weighted by Gasteiger charge is -2.19. The Morgan fingerprint density at radius 2 is 2.20 bits per heavy atom. The maximum Gasteiger partial charge on any atom is 0.265 e. The number of aromatic nitrogens is 1. The van der Waals surface area contributed by atoms with E-state index in [0.717, 1.165) is 26.8 Å². The van der Waals surface area contributed by atoms with Gasteiger partial charge in [-0.1, -0.05) is 17.4 Å². The Bertz CT molecular complexity index is 932. The van der Waals surface area contributed by atoms with Gasteiger partial charge in [0.05, 0.1) is 15.3 Å². The lowest BCUT2D eigenvalue weighted by molar-refractivity contribution is 0.103. The number of carbonyl (C=O) groups excluding carboxylic acids is 1. The van der Waals surface area contributed by atoms with Gasteiger partial charge in [-0.05, 0) is 36.2 Å². The molecule has 3 heterocycles. The van der Waals surface area contributed by atoms with Crippen LogP contribution in [0.15, 0.2) is 18.2 Å². The number of carbonyl (C=O) groups is 1. The van der Waals surface area contributed by atoms with Crippen molar-refractivity contribution in [1.82, 2.24) is 10.3 Å². The zero-order valence-electron chi connectivity index (χ0n) is 13.9. The number of nitrogens with zero attached hydrogens (tertiary/aromatic N) is 2. The van der Waals surface area contributed by atoms with Crippen LogP contribution in [0.4, 0.5) is 15.2 Å². The second-order valence-electron chi connectivity index (χ2n) is 6.12. The third kappa shape index (κ3) is 3.01. The Hall–Kier alpha value is -2.03. The van der Waals surface area contributed by atoms with Crippen molar-refractivity contribution in [2.75, 3.05) is 30.9 Å². The molecule has 1 aromatic carbocycles. The average Bonchev–Trinajstić information content (AvgIpc) is 3.16. The molecular weight excluding hydrogens is 359 g/mol.